The number of rotatable bonds is 5. The van der Waals surface area contributed by atoms with Crippen molar-refractivity contribution in [1.82, 2.24) is 15.2 Å². The largest absolute Gasteiger partial charge is 0.341 e. The molecule has 1 fully saturated rings. The van der Waals surface area contributed by atoms with Crippen LogP contribution in [0.5, 0.6) is 0 Å². The predicted molar refractivity (Wildman–Crippen MR) is 91.5 cm³/mol. The van der Waals surface area contributed by atoms with Crippen molar-refractivity contribution in [3.8, 4) is 0 Å². The van der Waals surface area contributed by atoms with Crippen LogP contribution in [0.15, 0.2) is 54.9 Å². The van der Waals surface area contributed by atoms with E-state index in [2.05, 4.69) is 10.3 Å². The van der Waals surface area contributed by atoms with E-state index in [0.717, 1.165) is 31.5 Å². The SMILES string of the molecule is O=C(N[C@H](Cc1ccccc1)C(=O)N1CCCC1)c1ccncc1. The number of aromatic nitrogens is 1. The van der Waals surface area contributed by atoms with Gasteiger partial charge in [-0.25, -0.2) is 0 Å². The van der Waals surface area contributed by atoms with E-state index < -0.39 is 6.04 Å². The van der Waals surface area contributed by atoms with Crippen molar-refractivity contribution < 1.29 is 9.59 Å². The number of benzene rings is 1. The summed E-state index contributed by atoms with van der Waals surface area (Å²) < 4.78 is 0. The van der Waals surface area contributed by atoms with Crippen molar-refractivity contribution in [1.29, 1.82) is 0 Å². The summed E-state index contributed by atoms with van der Waals surface area (Å²) in [7, 11) is 0. The summed E-state index contributed by atoms with van der Waals surface area (Å²) in [4.78, 5) is 31.0. The van der Waals surface area contributed by atoms with E-state index in [0.29, 0.717) is 12.0 Å². The topological polar surface area (TPSA) is 62.3 Å². The monoisotopic (exact) mass is 323 g/mol. The van der Waals surface area contributed by atoms with Crippen LogP contribution >= 0.6 is 0 Å². The Morgan fingerprint density at radius 2 is 1.71 bits per heavy atom. The first-order valence-corrected chi connectivity index (χ1v) is 8.27. The zero-order chi connectivity index (χ0) is 16.8. The summed E-state index contributed by atoms with van der Waals surface area (Å²) in [6.45, 7) is 1.55. The van der Waals surface area contributed by atoms with E-state index in [1.165, 1.54) is 0 Å². The van der Waals surface area contributed by atoms with Gasteiger partial charge in [-0.05, 0) is 30.5 Å². The molecule has 2 aromatic rings. The van der Waals surface area contributed by atoms with Crippen molar-refractivity contribution >= 4 is 11.8 Å². The maximum atomic E-state index is 12.8. The number of nitrogens with one attached hydrogen (secondary N) is 1. The van der Waals surface area contributed by atoms with Crippen LogP contribution in [0.25, 0.3) is 0 Å². The predicted octanol–water partition coefficient (Wildman–Crippen LogP) is 2.05. The third-order valence-electron chi connectivity index (χ3n) is 4.25. The standard InChI is InChI=1S/C19H21N3O2/c23-18(16-8-10-20-11-9-16)21-17(14-15-6-2-1-3-7-15)19(24)22-12-4-5-13-22/h1-3,6-11,17H,4-5,12-14H2,(H,21,23)/t17-/m1/s1. The lowest BCUT2D eigenvalue weighted by atomic mass is 10.0. The molecule has 24 heavy (non-hydrogen) atoms. The van der Waals surface area contributed by atoms with Gasteiger partial charge < -0.3 is 10.2 Å². The van der Waals surface area contributed by atoms with Gasteiger partial charge in [-0.3, -0.25) is 14.6 Å². The molecule has 0 spiro atoms. The van der Waals surface area contributed by atoms with Crippen LogP contribution in [0, 0.1) is 0 Å². The summed E-state index contributed by atoms with van der Waals surface area (Å²) in [5.41, 5.74) is 1.54. The lowest BCUT2D eigenvalue weighted by Gasteiger charge is -2.24. The molecule has 5 nitrogen and oxygen atoms in total. The zero-order valence-corrected chi connectivity index (χ0v) is 13.5. The molecule has 0 radical (unpaired) electrons. The molecule has 3 rings (SSSR count). The second kappa shape index (κ2) is 7.73. The Balaban J connectivity index is 1.76. The fraction of sp³-hybridized carbons (Fsp3) is 0.316. The lowest BCUT2D eigenvalue weighted by molar-refractivity contribution is -0.132. The molecule has 0 bridgehead atoms. The Morgan fingerprint density at radius 1 is 1.04 bits per heavy atom. The summed E-state index contributed by atoms with van der Waals surface area (Å²) in [5.74, 6) is -0.246. The van der Waals surface area contributed by atoms with Crippen LogP contribution in [0.4, 0.5) is 0 Å². The third kappa shape index (κ3) is 3.98. The average Bonchev–Trinajstić information content (AvgIpc) is 3.17. The molecule has 1 atom stereocenters. The molecule has 1 aliphatic rings. The minimum atomic E-state index is -0.550. The molecule has 1 N–H and O–H groups in total. The summed E-state index contributed by atoms with van der Waals surface area (Å²) in [6.07, 6.45) is 5.70. The number of likely N-dealkylation sites (tertiary alicyclic amines) is 1. The van der Waals surface area contributed by atoms with Crippen LogP contribution in [0.2, 0.25) is 0 Å². The number of amides is 2. The highest BCUT2D eigenvalue weighted by Crippen LogP contribution is 2.13. The maximum absolute atomic E-state index is 12.8. The molecular weight excluding hydrogens is 302 g/mol. The Morgan fingerprint density at radius 3 is 2.38 bits per heavy atom. The number of hydrogen-bond acceptors (Lipinski definition) is 3. The average molecular weight is 323 g/mol. The van der Waals surface area contributed by atoms with Crippen molar-refractivity contribution in [2.24, 2.45) is 0 Å². The van der Waals surface area contributed by atoms with Crippen molar-refractivity contribution in [2.45, 2.75) is 25.3 Å². The Labute approximate surface area is 141 Å². The van der Waals surface area contributed by atoms with Gasteiger partial charge in [-0.2, -0.15) is 0 Å². The Hall–Kier alpha value is -2.69. The molecule has 5 heteroatoms. The fourth-order valence-corrected chi connectivity index (χ4v) is 2.95. The van der Waals surface area contributed by atoms with Gasteiger partial charge in [0, 0.05) is 37.5 Å². The zero-order valence-electron chi connectivity index (χ0n) is 13.5. The number of pyridine rings is 1. The van der Waals surface area contributed by atoms with Gasteiger partial charge in [0.05, 0.1) is 0 Å². The molecule has 0 saturated carbocycles. The second-order valence-corrected chi connectivity index (χ2v) is 5.98. The molecule has 0 unspecified atom stereocenters. The quantitative estimate of drug-likeness (QED) is 0.916. The Kier molecular flexibility index (Phi) is 5.21. The number of nitrogens with zero attached hydrogens (tertiary/aromatic N) is 2. The Bertz CT molecular complexity index is 682. The first kappa shape index (κ1) is 16.2. The van der Waals surface area contributed by atoms with E-state index in [1.54, 1.807) is 24.5 Å². The van der Waals surface area contributed by atoms with Gasteiger partial charge in [0.1, 0.15) is 6.04 Å². The maximum Gasteiger partial charge on any atom is 0.252 e. The minimum Gasteiger partial charge on any atom is -0.341 e. The van der Waals surface area contributed by atoms with Crippen molar-refractivity contribution in [3.05, 3.63) is 66.0 Å². The van der Waals surface area contributed by atoms with Gasteiger partial charge in [0.25, 0.3) is 5.91 Å². The second-order valence-electron chi connectivity index (χ2n) is 5.98. The number of carbonyl (C=O) groups is 2. The lowest BCUT2D eigenvalue weighted by Crippen LogP contribution is -2.49. The summed E-state index contributed by atoms with van der Waals surface area (Å²) in [6, 6.07) is 12.5. The van der Waals surface area contributed by atoms with Crippen LogP contribution < -0.4 is 5.32 Å². The van der Waals surface area contributed by atoms with Crippen LogP contribution in [-0.4, -0.2) is 40.8 Å². The molecule has 2 heterocycles. The minimum absolute atomic E-state index is 0.00115. The first-order valence-electron chi connectivity index (χ1n) is 8.27. The highest BCUT2D eigenvalue weighted by atomic mass is 16.2. The molecule has 1 aliphatic heterocycles. The van der Waals surface area contributed by atoms with E-state index in [9.17, 15) is 9.59 Å². The van der Waals surface area contributed by atoms with Gasteiger partial charge in [0.2, 0.25) is 5.91 Å². The first-order chi connectivity index (χ1) is 11.7. The normalized spacial score (nSPS) is 15.1. The van der Waals surface area contributed by atoms with E-state index in [4.69, 9.17) is 0 Å². The molecule has 0 aliphatic carbocycles. The highest BCUT2D eigenvalue weighted by Gasteiger charge is 2.28. The van der Waals surface area contributed by atoms with Gasteiger partial charge in [-0.15, -0.1) is 0 Å². The molecule has 124 valence electrons. The molecule has 2 amide bonds. The molecule has 1 saturated heterocycles. The fourth-order valence-electron chi connectivity index (χ4n) is 2.95. The smallest absolute Gasteiger partial charge is 0.252 e. The van der Waals surface area contributed by atoms with Crippen molar-refractivity contribution in [3.63, 3.8) is 0 Å². The molecule has 1 aromatic heterocycles. The van der Waals surface area contributed by atoms with Crippen LogP contribution in [0.3, 0.4) is 0 Å². The van der Waals surface area contributed by atoms with E-state index in [-0.39, 0.29) is 11.8 Å². The molecule has 1 aromatic carbocycles. The number of hydrogen-bond donors (Lipinski definition) is 1. The van der Waals surface area contributed by atoms with Gasteiger partial charge >= 0.3 is 0 Å². The number of carbonyl (C=O) groups excluding carboxylic acids is 2. The van der Waals surface area contributed by atoms with Crippen molar-refractivity contribution in [2.75, 3.05) is 13.1 Å². The van der Waals surface area contributed by atoms with Gasteiger partial charge in [0.15, 0.2) is 0 Å². The van der Waals surface area contributed by atoms with Gasteiger partial charge in [-0.1, -0.05) is 30.3 Å². The van der Waals surface area contributed by atoms with Crippen LogP contribution in [-0.2, 0) is 11.2 Å². The molecular formula is C19H21N3O2. The van der Waals surface area contributed by atoms with Crippen LogP contribution in [0.1, 0.15) is 28.8 Å². The van der Waals surface area contributed by atoms with E-state index in [1.807, 2.05) is 35.2 Å². The third-order valence-corrected chi connectivity index (χ3v) is 4.25. The summed E-state index contributed by atoms with van der Waals surface area (Å²) in [5, 5.41) is 2.90. The summed E-state index contributed by atoms with van der Waals surface area (Å²) >= 11 is 0. The highest BCUT2D eigenvalue weighted by molar-refractivity contribution is 5.97. The van der Waals surface area contributed by atoms with E-state index >= 15 is 0 Å².